The molecule has 3 heterocycles. The maximum atomic E-state index is 12.0. The third-order valence-corrected chi connectivity index (χ3v) is 4.01. The van der Waals surface area contributed by atoms with Crippen molar-refractivity contribution in [3.8, 4) is 0 Å². The van der Waals surface area contributed by atoms with Crippen molar-refractivity contribution in [3.63, 3.8) is 0 Å². The molecule has 0 radical (unpaired) electrons. The number of aromatic nitrogens is 1. The van der Waals surface area contributed by atoms with Crippen LogP contribution in [0.15, 0.2) is 24.5 Å². The van der Waals surface area contributed by atoms with E-state index < -0.39 is 0 Å². The van der Waals surface area contributed by atoms with Crippen LogP contribution in [0.1, 0.15) is 30.9 Å². The Morgan fingerprint density at radius 3 is 3.09 bits per heavy atom. The predicted molar refractivity (Wildman–Crippen MR) is 79.3 cm³/mol. The number of amides is 1. The lowest BCUT2D eigenvalue weighted by Gasteiger charge is -2.20. The number of carbonyl (C=O) groups is 1. The van der Waals surface area contributed by atoms with Crippen LogP contribution in [0.4, 0.5) is 0 Å². The largest absolute Gasteiger partial charge is 0.376 e. The number of nitrogens with zero attached hydrogens (tertiary/aromatic N) is 1. The van der Waals surface area contributed by atoms with Gasteiger partial charge in [-0.15, -0.1) is 0 Å². The quantitative estimate of drug-likeness (QED) is 0.856. The van der Waals surface area contributed by atoms with E-state index in [1.165, 1.54) is 0 Å². The summed E-state index contributed by atoms with van der Waals surface area (Å²) in [7, 11) is 0. The van der Waals surface area contributed by atoms with Gasteiger partial charge in [-0.25, -0.2) is 0 Å². The molecule has 1 N–H and O–H groups in total. The van der Waals surface area contributed by atoms with E-state index in [1.807, 2.05) is 12.1 Å². The Kier molecular flexibility index (Phi) is 5.37. The van der Waals surface area contributed by atoms with Crippen molar-refractivity contribution in [3.05, 3.63) is 30.1 Å². The third kappa shape index (κ3) is 4.03. The van der Waals surface area contributed by atoms with Crippen molar-refractivity contribution >= 4 is 5.91 Å². The minimum Gasteiger partial charge on any atom is -0.376 e. The molecule has 2 fully saturated rings. The molecule has 0 saturated carbocycles. The number of nitrogens with one attached hydrogen (secondary N) is 1. The fourth-order valence-corrected chi connectivity index (χ4v) is 2.92. The zero-order chi connectivity index (χ0) is 15.2. The lowest BCUT2D eigenvalue weighted by Crippen LogP contribution is -2.39. The van der Waals surface area contributed by atoms with E-state index in [0.717, 1.165) is 31.4 Å². The number of hydrogen-bond acceptors (Lipinski definition) is 5. The summed E-state index contributed by atoms with van der Waals surface area (Å²) in [5, 5.41) is 3.00. The molecule has 0 aromatic carbocycles. The van der Waals surface area contributed by atoms with Crippen LogP contribution < -0.4 is 5.32 Å². The molecule has 6 nitrogen and oxygen atoms in total. The van der Waals surface area contributed by atoms with Gasteiger partial charge in [0.15, 0.2) is 0 Å². The minimum absolute atomic E-state index is 0.0250. The average Bonchev–Trinajstić information content (AvgIpc) is 3.20. The summed E-state index contributed by atoms with van der Waals surface area (Å²) in [5.74, 6) is -0.109. The summed E-state index contributed by atoms with van der Waals surface area (Å²) in [6.45, 7) is 1.99. The molecule has 3 rings (SSSR count). The molecule has 1 aromatic rings. The zero-order valence-electron chi connectivity index (χ0n) is 12.6. The van der Waals surface area contributed by atoms with Gasteiger partial charge in [-0.2, -0.15) is 0 Å². The molecule has 0 bridgehead atoms. The van der Waals surface area contributed by atoms with Crippen LogP contribution in [0.5, 0.6) is 0 Å². The Balaban J connectivity index is 1.44. The summed E-state index contributed by atoms with van der Waals surface area (Å²) < 4.78 is 16.6. The van der Waals surface area contributed by atoms with Crippen molar-refractivity contribution in [2.75, 3.05) is 26.4 Å². The molecule has 120 valence electrons. The highest BCUT2D eigenvalue weighted by Crippen LogP contribution is 2.28. The second-order valence-electron chi connectivity index (χ2n) is 5.69. The Morgan fingerprint density at radius 1 is 1.36 bits per heavy atom. The highest BCUT2D eigenvalue weighted by Gasteiger charge is 2.31. The first kappa shape index (κ1) is 15.4. The number of hydrogen-bond donors (Lipinski definition) is 1. The minimum atomic E-state index is -0.129. The molecule has 2 aliphatic heterocycles. The van der Waals surface area contributed by atoms with Crippen LogP contribution in [0, 0.1) is 0 Å². The Morgan fingerprint density at radius 2 is 2.32 bits per heavy atom. The first-order valence-electron chi connectivity index (χ1n) is 7.83. The molecule has 1 aromatic heterocycles. The second-order valence-corrected chi connectivity index (χ2v) is 5.69. The smallest absolute Gasteiger partial charge is 0.246 e. The van der Waals surface area contributed by atoms with Gasteiger partial charge in [0.1, 0.15) is 12.7 Å². The van der Waals surface area contributed by atoms with Crippen molar-refractivity contribution in [2.24, 2.45) is 0 Å². The van der Waals surface area contributed by atoms with E-state index in [4.69, 9.17) is 14.2 Å². The normalized spacial score (nSPS) is 27.9. The van der Waals surface area contributed by atoms with Crippen LogP contribution in [-0.2, 0) is 19.0 Å². The topological polar surface area (TPSA) is 69.7 Å². The highest BCUT2D eigenvalue weighted by molar-refractivity contribution is 5.77. The molecule has 0 spiro atoms. The fraction of sp³-hybridized carbons (Fsp3) is 0.625. The summed E-state index contributed by atoms with van der Waals surface area (Å²) in [4.78, 5) is 16.1. The molecule has 2 saturated heterocycles. The van der Waals surface area contributed by atoms with E-state index in [0.29, 0.717) is 13.2 Å². The number of pyridine rings is 1. The van der Waals surface area contributed by atoms with Crippen LogP contribution >= 0.6 is 0 Å². The van der Waals surface area contributed by atoms with Crippen LogP contribution in [0.3, 0.4) is 0 Å². The van der Waals surface area contributed by atoms with Gasteiger partial charge >= 0.3 is 0 Å². The van der Waals surface area contributed by atoms with Crippen LogP contribution in [-0.4, -0.2) is 49.5 Å². The molecule has 1 amide bonds. The molecular formula is C16H22N2O4. The maximum absolute atomic E-state index is 12.0. The average molecular weight is 306 g/mol. The molecule has 1 unspecified atom stereocenters. The summed E-state index contributed by atoms with van der Waals surface area (Å²) in [6.07, 6.45) is 6.42. The van der Waals surface area contributed by atoms with Gasteiger partial charge in [-0.05, 0) is 25.3 Å². The second kappa shape index (κ2) is 7.67. The molecule has 22 heavy (non-hydrogen) atoms. The number of ether oxygens (including phenoxy) is 3. The summed E-state index contributed by atoms with van der Waals surface area (Å²) in [5.41, 5.74) is 0.991. The molecule has 3 atom stereocenters. The van der Waals surface area contributed by atoms with Gasteiger partial charge in [0.05, 0.1) is 18.8 Å². The first-order chi connectivity index (χ1) is 10.8. The van der Waals surface area contributed by atoms with Crippen molar-refractivity contribution in [2.45, 2.75) is 37.5 Å². The van der Waals surface area contributed by atoms with Gasteiger partial charge in [-0.1, -0.05) is 6.07 Å². The van der Waals surface area contributed by atoms with Crippen LogP contribution in [0.2, 0.25) is 0 Å². The van der Waals surface area contributed by atoms with Crippen molar-refractivity contribution in [1.29, 1.82) is 0 Å². The van der Waals surface area contributed by atoms with Gasteiger partial charge < -0.3 is 19.5 Å². The van der Waals surface area contributed by atoms with E-state index >= 15 is 0 Å². The molecular weight excluding hydrogens is 284 g/mol. The molecule has 6 heteroatoms. The lowest BCUT2D eigenvalue weighted by atomic mass is 10.0. The summed E-state index contributed by atoms with van der Waals surface area (Å²) in [6, 6.07) is 3.82. The third-order valence-electron chi connectivity index (χ3n) is 4.01. The van der Waals surface area contributed by atoms with E-state index in [-0.39, 0.29) is 30.8 Å². The zero-order valence-corrected chi connectivity index (χ0v) is 12.6. The van der Waals surface area contributed by atoms with Gasteiger partial charge in [0, 0.05) is 31.2 Å². The SMILES string of the molecule is O=C(COCC1CCCO1)N[C@H]1CCO[C@@H]1c1cccnc1. The Hall–Kier alpha value is -1.50. The van der Waals surface area contributed by atoms with Gasteiger partial charge in [-0.3, -0.25) is 9.78 Å². The lowest BCUT2D eigenvalue weighted by molar-refractivity contribution is -0.128. The van der Waals surface area contributed by atoms with Crippen molar-refractivity contribution < 1.29 is 19.0 Å². The highest BCUT2D eigenvalue weighted by atomic mass is 16.5. The number of rotatable bonds is 6. The van der Waals surface area contributed by atoms with Crippen LogP contribution in [0.25, 0.3) is 0 Å². The fourth-order valence-electron chi connectivity index (χ4n) is 2.92. The van der Waals surface area contributed by atoms with Crippen molar-refractivity contribution in [1.82, 2.24) is 10.3 Å². The molecule has 0 aliphatic carbocycles. The van der Waals surface area contributed by atoms with E-state index in [1.54, 1.807) is 12.4 Å². The Labute approximate surface area is 130 Å². The standard InChI is InChI=1S/C16H22N2O4/c19-15(11-20-10-13-4-2-7-21-13)18-14-5-8-22-16(14)12-3-1-6-17-9-12/h1,3,6,9,13-14,16H,2,4-5,7-8,10-11H2,(H,18,19)/t13?,14-,16+/m0/s1. The monoisotopic (exact) mass is 306 g/mol. The van der Waals surface area contributed by atoms with Gasteiger partial charge in [0.25, 0.3) is 0 Å². The number of carbonyl (C=O) groups excluding carboxylic acids is 1. The van der Waals surface area contributed by atoms with E-state index in [2.05, 4.69) is 10.3 Å². The molecule has 2 aliphatic rings. The first-order valence-corrected chi connectivity index (χ1v) is 7.83. The maximum Gasteiger partial charge on any atom is 0.246 e. The summed E-state index contributed by atoms with van der Waals surface area (Å²) >= 11 is 0. The Bertz CT molecular complexity index is 476. The van der Waals surface area contributed by atoms with Gasteiger partial charge in [0.2, 0.25) is 5.91 Å². The predicted octanol–water partition coefficient (Wildman–Crippen LogP) is 1.22. The van der Waals surface area contributed by atoms with E-state index in [9.17, 15) is 4.79 Å².